The SMILES string of the molecule is COCCCC(O)c1cn(C)nc1C(C)(C)C. The molecule has 4 nitrogen and oxygen atoms in total. The van der Waals surface area contributed by atoms with E-state index in [-0.39, 0.29) is 5.41 Å². The third-order valence-electron chi connectivity index (χ3n) is 2.75. The number of aliphatic hydroxyl groups is 1. The van der Waals surface area contributed by atoms with Gasteiger partial charge in [0, 0.05) is 37.9 Å². The molecule has 17 heavy (non-hydrogen) atoms. The van der Waals surface area contributed by atoms with Crippen LogP contribution in [0.3, 0.4) is 0 Å². The van der Waals surface area contributed by atoms with Gasteiger partial charge in [0.05, 0.1) is 11.8 Å². The summed E-state index contributed by atoms with van der Waals surface area (Å²) < 4.78 is 6.77. The summed E-state index contributed by atoms with van der Waals surface area (Å²) in [6.45, 7) is 7.02. The lowest BCUT2D eigenvalue weighted by atomic mass is 9.87. The largest absolute Gasteiger partial charge is 0.388 e. The lowest BCUT2D eigenvalue weighted by molar-refractivity contribution is 0.135. The van der Waals surface area contributed by atoms with Crippen molar-refractivity contribution in [2.24, 2.45) is 7.05 Å². The normalized spacial score (nSPS) is 14.0. The summed E-state index contributed by atoms with van der Waals surface area (Å²) in [7, 11) is 3.57. The number of nitrogens with zero attached hydrogens (tertiary/aromatic N) is 2. The Hall–Kier alpha value is -0.870. The summed E-state index contributed by atoms with van der Waals surface area (Å²) in [5.74, 6) is 0. The summed E-state index contributed by atoms with van der Waals surface area (Å²) in [4.78, 5) is 0. The van der Waals surface area contributed by atoms with Gasteiger partial charge in [0.15, 0.2) is 0 Å². The first-order chi connectivity index (χ1) is 7.86. The summed E-state index contributed by atoms with van der Waals surface area (Å²) in [6, 6.07) is 0. The number of aliphatic hydroxyl groups excluding tert-OH is 1. The van der Waals surface area contributed by atoms with Gasteiger partial charge >= 0.3 is 0 Å². The van der Waals surface area contributed by atoms with Crippen molar-refractivity contribution in [1.29, 1.82) is 0 Å². The molecule has 0 radical (unpaired) electrons. The van der Waals surface area contributed by atoms with E-state index in [2.05, 4.69) is 25.9 Å². The fraction of sp³-hybridized carbons (Fsp3) is 0.769. The van der Waals surface area contributed by atoms with Crippen LogP contribution in [-0.4, -0.2) is 28.6 Å². The van der Waals surface area contributed by atoms with Crippen LogP contribution in [0.4, 0.5) is 0 Å². The molecule has 98 valence electrons. The Morgan fingerprint density at radius 3 is 2.65 bits per heavy atom. The maximum absolute atomic E-state index is 10.2. The average Bonchev–Trinajstić information content (AvgIpc) is 2.60. The number of rotatable bonds is 5. The predicted octanol–water partition coefficient (Wildman–Crippen LogP) is 2.18. The molecule has 0 saturated heterocycles. The van der Waals surface area contributed by atoms with Crippen LogP contribution in [0.15, 0.2) is 6.20 Å². The highest BCUT2D eigenvalue weighted by Gasteiger charge is 2.25. The zero-order valence-electron chi connectivity index (χ0n) is 11.5. The molecule has 1 aromatic rings. The van der Waals surface area contributed by atoms with Gasteiger partial charge in [-0.05, 0) is 12.8 Å². The average molecular weight is 240 g/mol. The molecule has 0 saturated carbocycles. The molecule has 1 N–H and O–H groups in total. The fourth-order valence-corrected chi connectivity index (χ4v) is 1.91. The summed E-state index contributed by atoms with van der Waals surface area (Å²) in [6.07, 6.45) is 3.03. The number of methoxy groups -OCH3 is 1. The van der Waals surface area contributed by atoms with E-state index in [0.717, 1.165) is 17.7 Å². The van der Waals surface area contributed by atoms with Crippen molar-refractivity contribution >= 4 is 0 Å². The summed E-state index contributed by atoms with van der Waals surface area (Å²) in [5, 5.41) is 14.7. The van der Waals surface area contributed by atoms with E-state index in [1.165, 1.54) is 0 Å². The Morgan fingerprint density at radius 1 is 1.47 bits per heavy atom. The van der Waals surface area contributed by atoms with Crippen LogP contribution in [0.5, 0.6) is 0 Å². The van der Waals surface area contributed by atoms with Crippen molar-refractivity contribution < 1.29 is 9.84 Å². The van der Waals surface area contributed by atoms with Gasteiger partial charge < -0.3 is 9.84 Å². The quantitative estimate of drug-likeness (QED) is 0.802. The van der Waals surface area contributed by atoms with Crippen molar-refractivity contribution in [3.8, 4) is 0 Å². The first-order valence-electron chi connectivity index (χ1n) is 6.07. The van der Waals surface area contributed by atoms with Crippen molar-refractivity contribution in [2.75, 3.05) is 13.7 Å². The van der Waals surface area contributed by atoms with E-state index in [9.17, 15) is 5.11 Å². The molecule has 0 fully saturated rings. The molecule has 0 aliphatic carbocycles. The van der Waals surface area contributed by atoms with Crippen molar-refractivity contribution in [2.45, 2.75) is 45.1 Å². The first kappa shape index (κ1) is 14.2. The zero-order chi connectivity index (χ0) is 13.1. The van der Waals surface area contributed by atoms with E-state index in [4.69, 9.17) is 4.74 Å². The first-order valence-corrected chi connectivity index (χ1v) is 6.07. The fourth-order valence-electron chi connectivity index (χ4n) is 1.91. The number of aromatic nitrogens is 2. The molecule has 0 amide bonds. The number of hydrogen-bond donors (Lipinski definition) is 1. The highest BCUT2D eigenvalue weighted by atomic mass is 16.5. The number of ether oxygens (including phenoxy) is 1. The Morgan fingerprint density at radius 2 is 2.12 bits per heavy atom. The predicted molar refractivity (Wildman–Crippen MR) is 68.0 cm³/mol. The molecule has 0 spiro atoms. The second-order valence-electron chi connectivity index (χ2n) is 5.51. The van der Waals surface area contributed by atoms with E-state index in [1.807, 2.05) is 13.2 Å². The van der Waals surface area contributed by atoms with E-state index >= 15 is 0 Å². The molecular weight excluding hydrogens is 216 g/mol. The Bertz CT molecular complexity index is 353. The molecule has 0 aliphatic rings. The van der Waals surface area contributed by atoms with Crippen LogP contribution in [0.1, 0.15) is 51.0 Å². The highest BCUT2D eigenvalue weighted by molar-refractivity contribution is 5.26. The van der Waals surface area contributed by atoms with Gasteiger partial charge in [-0.15, -0.1) is 0 Å². The number of aryl methyl sites for hydroxylation is 1. The van der Waals surface area contributed by atoms with E-state index in [1.54, 1.807) is 11.8 Å². The molecule has 1 aromatic heterocycles. The second-order valence-corrected chi connectivity index (χ2v) is 5.51. The van der Waals surface area contributed by atoms with Gasteiger partial charge in [0.25, 0.3) is 0 Å². The van der Waals surface area contributed by atoms with Gasteiger partial charge in [-0.1, -0.05) is 20.8 Å². The maximum Gasteiger partial charge on any atom is 0.0824 e. The topological polar surface area (TPSA) is 47.3 Å². The second kappa shape index (κ2) is 5.65. The minimum atomic E-state index is -0.451. The lowest BCUT2D eigenvalue weighted by Gasteiger charge is -2.19. The number of hydrogen-bond acceptors (Lipinski definition) is 3. The molecule has 1 rings (SSSR count). The lowest BCUT2D eigenvalue weighted by Crippen LogP contribution is -2.16. The summed E-state index contributed by atoms with van der Waals surface area (Å²) in [5.41, 5.74) is 1.87. The van der Waals surface area contributed by atoms with Gasteiger partial charge in [-0.3, -0.25) is 4.68 Å². The van der Waals surface area contributed by atoms with Gasteiger partial charge in [0.1, 0.15) is 0 Å². The van der Waals surface area contributed by atoms with Crippen LogP contribution in [0.25, 0.3) is 0 Å². The highest BCUT2D eigenvalue weighted by Crippen LogP contribution is 2.30. The molecule has 1 heterocycles. The molecule has 1 unspecified atom stereocenters. The molecule has 1 atom stereocenters. The minimum Gasteiger partial charge on any atom is -0.388 e. The van der Waals surface area contributed by atoms with Gasteiger partial charge in [-0.25, -0.2) is 0 Å². The molecular formula is C13H24N2O2. The third kappa shape index (κ3) is 3.82. The van der Waals surface area contributed by atoms with Crippen LogP contribution < -0.4 is 0 Å². The van der Waals surface area contributed by atoms with Crippen molar-refractivity contribution in [3.05, 3.63) is 17.5 Å². The maximum atomic E-state index is 10.2. The standard InChI is InChI=1S/C13H24N2O2/c1-13(2,3)12-10(9-15(4)14-12)11(16)7-6-8-17-5/h9,11,16H,6-8H2,1-5H3. The van der Waals surface area contributed by atoms with E-state index in [0.29, 0.717) is 13.0 Å². The minimum absolute atomic E-state index is 0.0428. The van der Waals surface area contributed by atoms with Crippen molar-refractivity contribution in [3.63, 3.8) is 0 Å². The Labute approximate surface area is 104 Å². The molecule has 0 bridgehead atoms. The Balaban J connectivity index is 2.82. The van der Waals surface area contributed by atoms with Crippen LogP contribution in [0.2, 0.25) is 0 Å². The van der Waals surface area contributed by atoms with Crippen molar-refractivity contribution in [1.82, 2.24) is 9.78 Å². The molecule has 4 heteroatoms. The monoisotopic (exact) mass is 240 g/mol. The van der Waals surface area contributed by atoms with E-state index < -0.39 is 6.10 Å². The Kier molecular flexibility index (Phi) is 4.71. The van der Waals surface area contributed by atoms with Gasteiger partial charge in [-0.2, -0.15) is 5.10 Å². The van der Waals surface area contributed by atoms with Gasteiger partial charge in [0.2, 0.25) is 0 Å². The molecule has 0 aliphatic heterocycles. The smallest absolute Gasteiger partial charge is 0.0824 e. The van der Waals surface area contributed by atoms with Crippen LogP contribution in [-0.2, 0) is 17.2 Å². The summed E-state index contributed by atoms with van der Waals surface area (Å²) >= 11 is 0. The molecule has 0 aromatic carbocycles. The van der Waals surface area contributed by atoms with Crippen LogP contribution >= 0.6 is 0 Å². The van der Waals surface area contributed by atoms with Crippen LogP contribution in [0, 0.1) is 0 Å². The zero-order valence-corrected chi connectivity index (χ0v) is 11.5. The third-order valence-corrected chi connectivity index (χ3v) is 2.75.